The van der Waals surface area contributed by atoms with E-state index < -0.39 is 5.97 Å². The summed E-state index contributed by atoms with van der Waals surface area (Å²) in [6, 6.07) is 5.77. The van der Waals surface area contributed by atoms with Gasteiger partial charge in [0.05, 0.1) is 23.9 Å². The Morgan fingerprint density at radius 3 is 3.06 bits per heavy atom. The molecule has 5 nitrogen and oxygen atoms in total. The first-order chi connectivity index (χ1) is 8.65. The largest absolute Gasteiger partial charge is 0.481 e. The molecule has 2 heterocycles. The Kier molecular flexibility index (Phi) is 3.88. The number of nitrogens with zero attached hydrogens (tertiary/aromatic N) is 2. The Hall–Kier alpha value is -1.95. The summed E-state index contributed by atoms with van der Waals surface area (Å²) in [5.41, 5.74) is 1.50. The standard InChI is InChI=1S/C12H13N3O2S/c1-8(10-4-2-3-5-13-10)14-12-15-9(7-18-12)6-11(16)17/h2-5,7-8H,6H2,1H3,(H,14,15)(H,16,17). The highest BCUT2D eigenvalue weighted by Gasteiger charge is 2.10. The van der Waals surface area contributed by atoms with Crippen molar-refractivity contribution in [3.8, 4) is 0 Å². The van der Waals surface area contributed by atoms with Gasteiger partial charge in [-0.05, 0) is 19.1 Å². The van der Waals surface area contributed by atoms with Crippen LogP contribution in [0.5, 0.6) is 0 Å². The van der Waals surface area contributed by atoms with Gasteiger partial charge in [0.25, 0.3) is 0 Å². The summed E-state index contributed by atoms with van der Waals surface area (Å²) < 4.78 is 0. The predicted molar refractivity (Wildman–Crippen MR) is 69.7 cm³/mol. The van der Waals surface area contributed by atoms with E-state index in [1.807, 2.05) is 25.1 Å². The number of aliphatic carboxylic acids is 1. The Morgan fingerprint density at radius 2 is 2.39 bits per heavy atom. The van der Waals surface area contributed by atoms with Gasteiger partial charge in [-0.2, -0.15) is 0 Å². The third-order valence-electron chi connectivity index (χ3n) is 2.36. The number of carbonyl (C=O) groups is 1. The molecule has 0 amide bonds. The van der Waals surface area contributed by atoms with Gasteiger partial charge in [-0.1, -0.05) is 6.07 Å². The molecule has 2 rings (SSSR count). The molecule has 0 fully saturated rings. The third-order valence-corrected chi connectivity index (χ3v) is 3.18. The third kappa shape index (κ3) is 3.27. The van der Waals surface area contributed by atoms with E-state index >= 15 is 0 Å². The van der Waals surface area contributed by atoms with Gasteiger partial charge in [-0.15, -0.1) is 11.3 Å². The molecule has 0 saturated heterocycles. The topological polar surface area (TPSA) is 75.1 Å². The molecule has 0 bridgehead atoms. The van der Waals surface area contributed by atoms with Crippen molar-refractivity contribution in [1.29, 1.82) is 0 Å². The minimum atomic E-state index is -0.871. The molecule has 0 aliphatic rings. The summed E-state index contributed by atoms with van der Waals surface area (Å²) in [7, 11) is 0. The van der Waals surface area contributed by atoms with Crippen LogP contribution in [0, 0.1) is 0 Å². The molecule has 18 heavy (non-hydrogen) atoms. The van der Waals surface area contributed by atoms with Crippen LogP contribution in [-0.2, 0) is 11.2 Å². The van der Waals surface area contributed by atoms with Crippen LogP contribution in [-0.4, -0.2) is 21.0 Å². The highest BCUT2D eigenvalue weighted by molar-refractivity contribution is 7.13. The Balaban J connectivity index is 2.01. The van der Waals surface area contributed by atoms with E-state index in [0.29, 0.717) is 10.8 Å². The van der Waals surface area contributed by atoms with E-state index in [4.69, 9.17) is 5.11 Å². The van der Waals surface area contributed by atoms with Gasteiger partial charge in [-0.25, -0.2) is 4.98 Å². The van der Waals surface area contributed by atoms with Crippen LogP contribution in [0.3, 0.4) is 0 Å². The lowest BCUT2D eigenvalue weighted by atomic mass is 10.2. The van der Waals surface area contributed by atoms with Crippen molar-refractivity contribution in [3.05, 3.63) is 41.2 Å². The van der Waals surface area contributed by atoms with Gasteiger partial charge in [0.15, 0.2) is 5.13 Å². The molecular formula is C12H13N3O2S. The van der Waals surface area contributed by atoms with Crippen LogP contribution >= 0.6 is 11.3 Å². The van der Waals surface area contributed by atoms with Crippen molar-refractivity contribution >= 4 is 22.4 Å². The lowest BCUT2D eigenvalue weighted by Crippen LogP contribution is -2.08. The van der Waals surface area contributed by atoms with Crippen molar-refractivity contribution in [2.24, 2.45) is 0 Å². The molecule has 2 aromatic heterocycles. The first-order valence-corrected chi connectivity index (χ1v) is 6.37. The van der Waals surface area contributed by atoms with Crippen LogP contribution in [0.2, 0.25) is 0 Å². The van der Waals surface area contributed by atoms with Crippen molar-refractivity contribution in [2.45, 2.75) is 19.4 Å². The molecule has 6 heteroatoms. The highest BCUT2D eigenvalue weighted by Crippen LogP contribution is 2.21. The summed E-state index contributed by atoms with van der Waals surface area (Å²) in [5, 5.41) is 14.3. The zero-order chi connectivity index (χ0) is 13.0. The fourth-order valence-electron chi connectivity index (χ4n) is 1.50. The van der Waals surface area contributed by atoms with Gasteiger partial charge in [0, 0.05) is 11.6 Å². The molecule has 2 N–H and O–H groups in total. The number of hydrogen-bond acceptors (Lipinski definition) is 5. The molecule has 0 radical (unpaired) electrons. The van der Waals surface area contributed by atoms with E-state index in [2.05, 4.69) is 15.3 Å². The number of thiazole rings is 1. The SMILES string of the molecule is CC(Nc1nc(CC(=O)O)cs1)c1ccccn1. The number of pyridine rings is 1. The monoisotopic (exact) mass is 263 g/mol. The van der Waals surface area contributed by atoms with E-state index in [9.17, 15) is 4.79 Å². The van der Waals surface area contributed by atoms with E-state index in [0.717, 1.165) is 5.69 Å². The quantitative estimate of drug-likeness (QED) is 0.866. The lowest BCUT2D eigenvalue weighted by molar-refractivity contribution is -0.136. The maximum atomic E-state index is 10.6. The highest BCUT2D eigenvalue weighted by atomic mass is 32.1. The molecule has 0 aliphatic heterocycles. The van der Waals surface area contributed by atoms with E-state index in [1.165, 1.54) is 11.3 Å². The van der Waals surface area contributed by atoms with Gasteiger partial charge >= 0.3 is 5.97 Å². The van der Waals surface area contributed by atoms with E-state index in [-0.39, 0.29) is 12.5 Å². The van der Waals surface area contributed by atoms with Crippen LogP contribution in [0.25, 0.3) is 0 Å². The molecule has 0 spiro atoms. The smallest absolute Gasteiger partial charge is 0.309 e. The maximum Gasteiger partial charge on any atom is 0.309 e. The summed E-state index contributed by atoms with van der Waals surface area (Å²) in [6.07, 6.45) is 1.70. The number of anilines is 1. The molecule has 1 unspecified atom stereocenters. The molecular weight excluding hydrogens is 250 g/mol. The first-order valence-electron chi connectivity index (χ1n) is 5.49. The second kappa shape index (κ2) is 5.59. The van der Waals surface area contributed by atoms with Crippen molar-refractivity contribution in [1.82, 2.24) is 9.97 Å². The average molecular weight is 263 g/mol. The van der Waals surface area contributed by atoms with Crippen LogP contribution in [0.15, 0.2) is 29.8 Å². The molecule has 0 saturated carbocycles. The van der Waals surface area contributed by atoms with Crippen molar-refractivity contribution in [3.63, 3.8) is 0 Å². The summed E-state index contributed by atoms with van der Waals surface area (Å²) >= 11 is 1.40. The van der Waals surface area contributed by atoms with Gasteiger partial charge in [-0.3, -0.25) is 9.78 Å². The normalized spacial score (nSPS) is 12.1. The van der Waals surface area contributed by atoms with Gasteiger partial charge in [0.2, 0.25) is 0 Å². The Bertz CT molecular complexity index is 527. The number of aromatic nitrogens is 2. The molecule has 0 aliphatic carbocycles. The zero-order valence-electron chi connectivity index (χ0n) is 9.83. The summed E-state index contributed by atoms with van der Waals surface area (Å²) in [4.78, 5) is 19.0. The Labute approximate surface area is 109 Å². The number of nitrogens with one attached hydrogen (secondary N) is 1. The van der Waals surface area contributed by atoms with Crippen LogP contribution in [0.4, 0.5) is 5.13 Å². The van der Waals surface area contributed by atoms with E-state index in [1.54, 1.807) is 11.6 Å². The molecule has 2 aromatic rings. The molecule has 1 atom stereocenters. The number of hydrogen-bond donors (Lipinski definition) is 2. The average Bonchev–Trinajstić information content (AvgIpc) is 2.76. The zero-order valence-corrected chi connectivity index (χ0v) is 10.6. The number of carboxylic acid groups (broad SMARTS) is 1. The Morgan fingerprint density at radius 1 is 1.56 bits per heavy atom. The van der Waals surface area contributed by atoms with Crippen LogP contribution < -0.4 is 5.32 Å². The van der Waals surface area contributed by atoms with Crippen molar-refractivity contribution < 1.29 is 9.90 Å². The molecule has 0 aromatic carbocycles. The van der Waals surface area contributed by atoms with Crippen LogP contribution in [0.1, 0.15) is 24.4 Å². The fourth-order valence-corrected chi connectivity index (χ4v) is 2.30. The summed E-state index contributed by atoms with van der Waals surface area (Å²) in [6.45, 7) is 1.99. The van der Waals surface area contributed by atoms with Gasteiger partial charge in [0.1, 0.15) is 0 Å². The minimum absolute atomic E-state index is 0.0371. The van der Waals surface area contributed by atoms with Gasteiger partial charge < -0.3 is 10.4 Å². The minimum Gasteiger partial charge on any atom is -0.481 e. The number of carboxylic acids is 1. The second-order valence-corrected chi connectivity index (χ2v) is 4.69. The second-order valence-electron chi connectivity index (χ2n) is 3.84. The lowest BCUT2D eigenvalue weighted by Gasteiger charge is -2.11. The fraction of sp³-hybridized carbons (Fsp3) is 0.250. The summed E-state index contributed by atoms with van der Waals surface area (Å²) in [5.74, 6) is -0.871. The first kappa shape index (κ1) is 12.5. The number of rotatable bonds is 5. The predicted octanol–water partition coefficient (Wildman–Crippen LogP) is 2.34. The maximum absolute atomic E-state index is 10.6. The van der Waals surface area contributed by atoms with Crippen molar-refractivity contribution in [2.75, 3.05) is 5.32 Å². The molecule has 94 valence electrons.